The van der Waals surface area contributed by atoms with Crippen LogP contribution in [0.25, 0.3) is 5.57 Å². The quantitative estimate of drug-likeness (QED) is 0.238. The van der Waals surface area contributed by atoms with Crippen LogP contribution < -0.4 is 10.6 Å². The number of fused-ring (bicyclic) bond motifs is 2. The molecule has 1 aliphatic carbocycles. The second-order valence-electron chi connectivity index (χ2n) is 12.5. The van der Waals surface area contributed by atoms with Crippen LogP contribution in [0, 0.1) is 5.82 Å². The number of carbonyl (C=O) groups excluding carboxylic acids is 1. The van der Waals surface area contributed by atoms with Gasteiger partial charge in [0.15, 0.2) is 0 Å². The van der Waals surface area contributed by atoms with Crippen molar-refractivity contribution in [2.24, 2.45) is 0 Å². The van der Waals surface area contributed by atoms with Crippen LogP contribution in [0.4, 0.5) is 4.39 Å². The summed E-state index contributed by atoms with van der Waals surface area (Å²) in [4.78, 5) is 18.7. The van der Waals surface area contributed by atoms with E-state index in [1.807, 2.05) is 17.0 Å². The van der Waals surface area contributed by atoms with Gasteiger partial charge in [0, 0.05) is 62.0 Å². The van der Waals surface area contributed by atoms with Gasteiger partial charge in [-0.15, -0.1) is 0 Å². The Balaban J connectivity index is 1.28. The summed E-state index contributed by atoms with van der Waals surface area (Å²) in [6.45, 7) is 7.37. The van der Waals surface area contributed by atoms with E-state index in [9.17, 15) is 9.18 Å². The number of amides is 1. The first kappa shape index (κ1) is 31.5. The molecule has 1 amide bonds. The molecule has 3 aromatic carbocycles. The van der Waals surface area contributed by atoms with Gasteiger partial charge in [0.1, 0.15) is 5.82 Å². The van der Waals surface area contributed by atoms with Gasteiger partial charge in [-0.3, -0.25) is 9.69 Å². The van der Waals surface area contributed by atoms with Crippen LogP contribution in [0.1, 0.15) is 55.4 Å². The summed E-state index contributed by atoms with van der Waals surface area (Å²) < 4.78 is 14.7. The molecule has 2 aliphatic heterocycles. The molecule has 1 saturated heterocycles. The molecule has 2 fully saturated rings. The summed E-state index contributed by atoms with van der Waals surface area (Å²) in [5.74, 6) is -0.292. The van der Waals surface area contributed by atoms with Crippen LogP contribution >= 0.6 is 34.8 Å². The van der Waals surface area contributed by atoms with Crippen LogP contribution in [-0.2, 0) is 24.4 Å². The maximum absolute atomic E-state index is 14.7. The molecule has 2 N–H and O–H groups in total. The van der Waals surface area contributed by atoms with E-state index in [2.05, 4.69) is 53.6 Å². The molecular formula is C35H38Cl3FN4O. The SMILES string of the molecule is CC(C)N(Cc1ccc(C2=C(C(=O)N(Cc3cccc(Cl)c3Cl)C3CC3)[C@H]3CNC[C@H](C2)N3)cc1)Cc1cccc(Cl)c1F. The van der Waals surface area contributed by atoms with Gasteiger partial charge in [0.05, 0.1) is 21.1 Å². The number of piperazine rings is 1. The van der Waals surface area contributed by atoms with Crippen LogP contribution in [0.15, 0.2) is 66.2 Å². The van der Waals surface area contributed by atoms with Crippen molar-refractivity contribution in [2.75, 3.05) is 13.1 Å². The number of hydrogen-bond donors (Lipinski definition) is 2. The third-order valence-electron chi connectivity index (χ3n) is 8.97. The highest BCUT2D eigenvalue weighted by Crippen LogP contribution is 2.37. The normalized spacial score (nSPS) is 20.0. The third-order valence-corrected chi connectivity index (χ3v) is 10.1. The summed E-state index contributed by atoms with van der Waals surface area (Å²) in [6, 6.07) is 19.9. The molecular weight excluding hydrogens is 618 g/mol. The molecule has 3 aliphatic rings. The van der Waals surface area contributed by atoms with Crippen molar-refractivity contribution in [2.45, 2.75) is 76.9 Å². The van der Waals surface area contributed by atoms with Crippen LogP contribution in [-0.4, -0.2) is 53.0 Å². The standard InChI is InChI=1S/C35H38Cl3FN4O/c1-21(2)42(19-25-6-4-8-30(37)34(25)39)18-22-9-11-23(12-10-22)28-15-26-16-40-17-31(41-26)32(28)35(44)43(27-13-14-27)20-24-5-3-7-29(36)33(24)38/h3-12,21,26-27,31,40-41H,13-20H2,1-2H3/t26-,31+/m0/s1. The van der Waals surface area contributed by atoms with Gasteiger partial charge < -0.3 is 15.5 Å². The highest BCUT2D eigenvalue weighted by molar-refractivity contribution is 6.42. The van der Waals surface area contributed by atoms with Crippen LogP contribution in [0.3, 0.4) is 0 Å². The molecule has 0 unspecified atom stereocenters. The molecule has 232 valence electrons. The number of carbonyl (C=O) groups is 1. The summed E-state index contributed by atoms with van der Waals surface area (Å²) in [5, 5.41) is 8.37. The lowest BCUT2D eigenvalue weighted by molar-refractivity contribution is -0.128. The lowest BCUT2D eigenvalue weighted by Gasteiger charge is -2.41. The van der Waals surface area contributed by atoms with E-state index in [1.54, 1.807) is 24.3 Å². The summed E-state index contributed by atoms with van der Waals surface area (Å²) in [5.41, 5.74) is 5.60. The zero-order valence-corrected chi connectivity index (χ0v) is 27.3. The molecule has 2 bridgehead atoms. The summed E-state index contributed by atoms with van der Waals surface area (Å²) >= 11 is 18.9. The van der Waals surface area contributed by atoms with Crippen LogP contribution in [0.5, 0.6) is 0 Å². The average molecular weight is 656 g/mol. The molecule has 0 spiro atoms. The Hall–Kier alpha value is -2.45. The summed E-state index contributed by atoms with van der Waals surface area (Å²) in [7, 11) is 0. The highest BCUT2D eigenvalue weighted by Gasteiger charge is 2.41. The topological polar surface area (TPSA) is 47.6 Å². The first-order valence-electron chi connectivity index (χ1n) is 15.4. The van der Waals surface area contributed by atoms with E-state index in [1.165, 1.54) is 0 Å². The van der Waals surface area contributed by atoms with Crippen molar-refractivity contribution in [1.29, 1.82) is 0 Å². The molecule has 2 heterocycles. The number of hydrogen-bond acceptors (Lipinski definition) is 4. The first-order valence-corrected chi connectivity index (χ1v) is 16.5. The maximum atomic E-state index is 14.7. The molecule has 1 saturated carbocycles. The van der Waals surface area contributed by atoms with Gasteiger partial charge in [-0.2, -0.15) is 0 Å². The molecule has 2 atom stereocenters. The van der Waals surface area contributed by atoms with E-state index >= 15 is 0 Å². The lowest BCUT2D eigenvalue weighted by atomic mass is 9.83. The van der Waals surface area contributed by atoms with Gasteiger partial charge >= 0.3 is 0 Å². The zero-order valence-electron chi connectivity index (χ0n) is 25.1. The Kier molecular flexibility index (Phi) is 9.67. The number of rotatable bonds is 10. The molecule has 5 nitrogen and oxygen atoms in total. The largest absolute Gasteiger partial charge is 0.331 e. The number of benzene rings is 3. The Bertz CT molecular complexity index is 1560. The van der Waals surface area contributed by atoms with E-state index < -0.39 is 0 Å². The van der Waals surface area contributed by atoms with Crippen molar-refractivity contribution in [1.82, 2.24) is 20.4 Å². The molecule has 3 aromatic rings. The molecule has 0 aromatic heterocycles. The fourth-order valence-corrected chi connectivity index (χ4v) is 6.93. The van der Waals surface area contributed by atoms with Crippen molar-refractivity contribution in [3.8, 4) is 0 Å². The fraction of sp³-hybridized carbons (Fsp3) is 0.400. The minimum atomic E-state index is -0.358. The molecule has 9 heteroatoms. The van der Waals surface area contributed by atoms with E-state index in [-0.39, 0.29) is 40.9 Å². The maximum Gasteiger partial charge on any atom is 0.252 e. The second kappa shape index (κ2) is 13.5. The molecule has 6 rings (SSSR count). The minimum absolute atomic E-state index is 0.0650. The van der Waals surface area contributed by atoms with Gasteiger partial charge in [-0.05, 0) is 67.5 Å². The van der Waals surface area contributed by atoms with Gasteiger partial charge in [0.25, 0.3) is 5.91 Å². The number of nitrogens with zero attached hydrogens (tertiary/aromatic N) is 2. The van der Waals surface area contributed by atoms with Gasteiger partial charge in [-0.25, -0.2) is 4.39 Å². The van der Waals surface area contributed by atoms with Gasteiger partial charge in [0.2, 0.25) is 0 Å². The van der Waals surface area contributed by atoms with E-state index in [0.717, 1.165) is 53.6 Å². The Labute approximate surface area is 274 Å². The lowest BCUT2D eigenvalue weighted by Crippen LogP contribution is -2.60. The van der Waals surface area contributed by atoms with Crippen molar-refractivity contribution < 1.29 is 9.18 Å². The number of nitrogens with one attached hydrogen (secondary N) is 2. The highest BCUT2D eigenvalue weighted by atomic mass is 35.5. The van der Waals surface area contributed by atoms with Crippen LogP contribution in [0.2, 0.25) is 15.1 Å². The predicted molar refractivity (Wildman–Crippen MR) is 177 cm³/mol. The Morgan fingerprint density at radius 1 is 0.909 bits per heavy atom. The fourth-order valence-electron chi connectivity index (χ4n) is 6.36. The third kappa shape index (κ3) is 6.86. The van der Waals surface area contributed by atoms with E-state index in [4.69, 9.17) is 34.8 Å². The minimum Gasteiger partial charge on any atom is -0.331 e. The molecule has 0 radical (unpaired) electrons. The Morgan fingerprint density at radius 2 is 1.61 bits per heavy atom. The Morgan fingerprint density at radius 3 is 2.32 bits per heavy atom. The van der Waals surface area contributed by atoms with Crippen molar-refractivity contribution >= 4 is 46.3 Å². The van der Waals surface area contributed by atoms with E-state index in [0.29, 0.717) is 41.8 Å². The van der Waals surface area contributed by atoms with Gasteiger partial charge in [-0.1, -0.05) is 83.3 Å². The summed E-state index contributed by atoms with van der Waals surface area (Å²) in [6.07, 6.45) is 2.75. The zero-order chi connectivity index (χ0) is 31.0. The van der Waals surface area contributed by atoms with Crippen molar-refractivity contribution in [3.63, 3.8) is 0 Å². The molecule has 44 heavy (non-hydrogen) atoms. The average Bonchev–Trinajstić information content (AvgIpc) is 3.85. The second-order valence-corrected chi connectivity index (χ2v) is 13.6. The monoisotopic (exact) mass is 654 g/mol. The number of halogens is 4. The predicted octanol–water partition coefficient (Wildman–Crippen LogP) is 7.48. The first-order chi connectivity index (χ1) is 21.2. The smallest absolute Gasteiger partial charge is 0.252 e. The van der Waals surface area contributed by atoms with Crippen molar-refractivity contribution in [3.05, 3.63) is 109 Å².